The molecule has 17 heavy (non-hydrogen) atoms. The van der Waals surface area contributed by atoms with Crippen LogP contribution in [0.3, 0.4) is 0 Å². The Morgan fingerprint density at radius 2 is 2.06 bits per heavy atom. The molecular weight excluding hydrogens is 222 g/mol. The number of carboxylic acid groups (broad SMARTS) is 1. The molecule has 2 N–H and O–H groups in total. The molecule has 0 aromatic heterocycles. The van der Waals surface area contributed by atoms with E-state index in [-0.39, 0.29) is 24.5 Å². The summed E-state index contributed by atoms with van der Waals surface area (Å²) in [6.45, 7) is 5.60. The van der Waals surface area contributed by atoms with Crippen molar-refractivity contribution in [3.63, 3.8) is 0 Å². The van der Waals surface area contributed by atoms with Crippen LogP contribution in [0, 0.1) is 0 Å². The number of ether oxygens (including phenoxy) is 1. The molecule has 2 unspecified atom stereocenters. The average Bonchev–Trinajstić information content (AvgIpc) is 2.61. The Bertz CT molecular complexity index is 301. The molecule has 0 spiro atoms. The molecule has 1 aliphatic heterocycles. The van der Waals surface area contributed by atoms with Gasteiger partial charge in [0.2, 0.25) is 5.91 Å². The van der Waals surface area contributed by atoms with Crippen molar-refractivity contribution in [1.29, 1.82) is 0 Å². The van der Waals surface area contributed by atoms with Crippen molar-refractivity contribution in [3.8, 4) is 0 Å². The number of carbonyl (C=O) groups excluding carboxylic acids is 1. The van der Waals surface area contributed by atoms with Gasteiger partial charge in [-0.1, -0.05) is 0 Å². The molecular formula is C12H21NO4. The summed E-state index contributed by atoms with van der Waals surface area (Å²) in [5.74, 6) is -0.984. The second-order valence-electron chi connectivity index (χ2n) is 5.28. The number of nitrogens with one attached hydrogen (secondary N) is 1. The molecule has 98 valence electrons. The van der Waals surface area contributed by atoms with Crippen LogP contribution < -0.4 is 5.32 Å². The summed E-state index contributed by atoms with van der Waals surface area (Å²) in [6.07, 6.45) is 1.85. The van der Waals surface area contributed by atoms with Gasteiger partial charge >= 0.3 is 5.97 Å². The summed E-state index contributed by atoms with van der Waals surface area (Å²) >= 11 is 0. The summed E-state index contributed by atoms with van der Waals surface area (Å²) in [6, 6.07) is 0. The molecule has 0 aromatic rings. The first kappa shape index (κ1) is 14.0. The minimum Gasteiger partial charge on any atom is -0.481 e. The van der Waals surface area contributed by atoms with Gasteiger partial charge in [0.1, 0.15) is 6.10 Å². The molecule has 1 fully saturated rings. The van der Waals surface area contributed by atoms with Crippen molar-refractivity contribution in [3.05, 3.63) is 0 Å². The number of carbonyl (C=O) groups is 2. The highest BCUT2D eigenvalue weighted by atomic mass is 16.5. The summed E-state index contributed by atoms with van der Waals surface area (Å²) in [5.41, 5.74) is -0.509. The maximum Gasteiger partial charge on any atom is 0.303 e. The second kappa shape index (κ2) is 5.49. The lowest BCUT2D eigenvalue weighted by atomic mass is 9.98. The lowest BCUT2D eigenvalue weighted by Gasteiger charge is -2.27. The first-order valence-electron chi connectivity index (χ1n) is 5.99. The molecule has 1 aliphatic rings. The number of carboxylic acids is 1. The van der Waals surface area contributed by atoms with E-state index in [1.807, 2.05) is 20.8 Å². The van der Waals surface area contributed by atoms with E-state index in [1.165, 1.54) is 0 Å². The highest BCUT2D eigenvalue weighted by Crippen LogP contribution is 2.20. The van der Waals surface area contributed by atoms with Crippen molar-refractivity contribution in [2.75, 3.05) is 0 Å². The summed E-state index contributed by atoms with van der Waals surface area (Å²) < 4.78 is 5.47. The minimum absolute atomic E-state index is 0.0508. The maximum absolute atomic E-state index is 11.9. The van der Waals surface area contributed by atoms with Gasteiger partial charge in [0, 0.05) is 12.0 Å². The zero-order chi connectivity index (χ0) is 13.1. The summed E-state index contributed by atoms with van der Waals surface area (Å²) in [7, 11) is 0. The topological polar surface area (TPSA) is 75.6 Å². The fourth-order valence-electron chi connectivity index (χ4n) is 1.89. The third-order valence-corrected chi connectivity index (χ3v) is 2.95. The zero-order valence-electron chi connectivity index (χ0n) is 10.7. The van der Waals surface area contributed by atoms with Gasteiger partial charge in [-0.15, -0.1) is 0 Å². The van der Waals surface area contributed by atoms with E-state index in [4.69, 9.17) is 9.84 Å². The van der Waals surface area contributed by atoms with Gasteiger partial charge in [0.25, 0.3) is 0 Å². The van der Waals surface area contributed by atoms with Crippen LogP contribution in [0.15, 0.2) is 0 Å². The van der Waals surface area contributed by atoms with Crippen LogP contribution >= 0.6 is 0 Å². The standard InChI is InChI=1S/C12H21NO4/c1-8-4-5-9(17-8)11(16)13-12(2,3)7-6-10(14)15/h8-9H,4-7H2,1-3H3,(H,13,16)(H,14,15). The number of aliphatic carboxylic acids is 1. The van der Waals surface area contributed by atoms with E-state index in [0.29, 0.717) is 6.42 Å². The molecule has 1 heterocycles. The van der Waals surface area contributed by atoms with Crippen LogP contribution in [-0.2, 0) is 14.3 Å². The molecule has 1 saturated heterocycles. The number of hydrogen-bond donors (Lipinski definition) is 2. The highest BCUT2D eigenvalue weighted by Gasteiger charge is 2.31. The van der Waals surface area contributed by atoms with Crippen molar-refractivity contribution in [2.24, 2.45) is 0 Å². The van der Waals surface area contributed by atoms with Gasteiger partial charge in [0.05, 0.1) is 6.10 Å². The van der Waals surface area contributed by atoms with Crippen LogP contribution in [0.1, 0.15) is 46.5 Å². The third kappa shape index (κ3) is 4.73. The van der Waals surface area contributed by atoms with Crippen molar-refractivity contribution >= 4 is 11.9 Å². The Balaban J connectivity index is 2.41. The molecule has 1 amide bonds. The fraction of sp³-hybridized carbons (Fsp3) is 0.833. The summed E-state index contributed by atoms with van der Waals surface area (Å²) in [4.78, 5) is 22.4. The first-order valence-corrected chi connectivity index (χ1v) is 5.99. The monoisotopic (exact) mass is 243 g/mol. The minimum atomic E-state index is -0.849. The van der Waals surface area contributed by atoms with Crippen LogP contribution in [-0.4, -0.2) is 34.7 Å². The van der Waals surface area contributed by atoms with E-state index >= 15 is 0 Å². The number of rotatable bonds is 5. The molecule has 1 rings (SSSR count). The predicted octanol–water partition coefficient (Wildman–Crippen LogP) is 1.31. The van der Waals surface area contributed by atoms with Crippen LogP contribution in [0.2, 0.25) is 0 Å². The molecule has 0 radical (unpaired) electrons. The van der Waals surface area contributed by atoms with Crippen molar-refractivity contribution in [2.45, 2.75) is 64.2 Å². The molecule has 0 saturated carbocycles. The smallest absolute Gasteiger partial charge is 0.303 e. The number of amides is 1. The SMILES string of the molecule is CC1CCC(C(=O)NC(C)(C)CCC(=O)O)O1. The van der Waals surface area contributed by atoms with Crippen LogP contribution in [0.5, 0.6) is 0 Å². The van der Waals surface area contributed by atoms with E-state index in [0.717, 1.165) is 12.8 Å². The Morgan fingerprint density at radius 1 is 1.41 bits per heavy atom. The van der Waals surface area contributed by atoms with Gasteiger partial charge in [-0.05, 0) is 40.0 Å². The average molecular weight is 243 g/mol. The third-order valence-electron chi connectivity index (χ3n) is 2.95. The van der Waals surface area contributed by atoms with E-state index in [1.54, 1.807) is 0 Å². The molecule has 2 atom stereocenters. The van der Waals surface area contributed by atoms with Gasteiger partial charge in [-0.3, -0.25) is 9.59 Å². The highest BCUT2D eigenvalue weighted by molar-refractivity contribution is 5.81. The first-order chi connectivity index (χ1) is 7.80. The quantitative estimate of drug-likeness (QED) is 0.763. The Hall–Kier alpha value is -1.10. The molecule has 0 aliphatic carbocycles. The second-order valence-corrected chi connectivity index (χ2v) is 5.28. The predicted molar refractivity (Wildman–Crippen MR) is 62.7 cm³/mol. The molecule has 0 bridgehead atoms. The lowest BCUT2D eigenvalue weighted by Crippen LogP contribution is -2.48. The van der Waals surface area contributed by atoms with Crippen LogP contribution in [0.25, 0.3) is 0 Å². The van der Waals surface area contributed by atoms with Crippen molar-refractivity contribution in [1.82, 2.24) is 5.32 Å². The van der Waals surface area contributed by atoms with E-state index < -0.39 is 11.5 Å². The fourth-order valence-corrected chi connectivity index (χ4v) is 1.89. The van der Waals surface area contributed by atoms with Gasteiger partial charge in [0.15, 0.2) is 0 Å². The van der Waals surface area contributed by atoms with E-state index in [9.17, 15) is 9.59 Å². The molecule has 5 nitrogen and oxygen atoms in total. The Labute approximate surface area is 102 Å². The summed E-state index contributed by atoms with van der Waals surface area (Å²) in [5, 5.41) is 11.5. The normalized spacial score (nSPS) is 24.6. The van der Waals surface area contributed by atoms with Gasteiger partial charge in [-0.25, -0.2) is 0 Å². The Kier molecular flexibility index (Phi) is 4.51. The largest absolute Gasteiger partial charge is 0.481 e. The lowest BCUT2D eigenvalue weighted by molar-refractivity contribution is -0.138. The number of hydrogen-bond acceptors (Lipinski definition) is 3. The maximum atomic E-state index is 11.9. The Morgan fingerprint density at radius 3 is 2.53 bits per heavy atom. The molecule has 5 heteroatoms. The van der Waals surface area contributed by atoms with E-state index in [2.05, 4.69) is 5.32 Å². The van der Waals surface area contributed by atoms with Gasteiger partial charge < -0.3 is 15.2 Å². The van der Waals surface area contributed by atoms with Gasteiger partial charge in [-0.2, -0.15) is 0 Å². The zero-order valence-corrected chi connectivity index (χ0v) is 10.7. The van der Waals surface area contributed by atoms with Crippen molar-refractivity contribution < 1.29 is 19.4 Å². The molecule has 0 aromatic carbocycles. The van der Waals surface area contributed by atoms with Crippen LogP contribution in [0.4, 0.5) is 0 Å².